The van der Waals surface area contributed by atoms with E-state index in [-0.39, 0.29) is 12.4 Å². The number of carbonyl (C=O) groups excluding carboxylic acids is 1. The summed E-state index contributed by atoms with van der Waals surface area (Å²) in [4.78, 5) is 12.1. The first-order valence-electron chi connectivity index (χ1n) is 5.86. The first-order chi connectivity index (χ1) is 10.2. The molecule has 1 N–H and O–H groups in total. The van der Waals surface area contributed by atoms with Gasteiger partial charge in [-0.05, 0) is 15.9 Å². The van der Waals surface area contributed by atoms with E-state index in [0.29, 0.717) is 5.69 Å². The molecule has 1 amide bonds. The van der Waals surface area contributed by atoms with Crippen LogP contribution >= 0.6 is 15.9 Å². The fraction of sp³-hybridized carbons (Fsp3) is 0.364. The maximum Gasteiger partial charge on any atom is 0.436 e. The van der Waals surface area contributed by atoms with Crippen LogP contribution < -0.4 is 5.32 Å². The number of hydrogen-bond acceptors (Lipinski definition) is 4. The maximum absolute atomic E-state index is 12.8. The zero-order valence-electron chi connectivity index (χ0n) is 11.5. The largest absolute Gasteiger partial charge is 0.436 e. The summed E-state index contributed by atoms with van der Waals surface area (Å²) in [6.45, 7) is 0.184. The third-order valence-corrected chi connectivity index (χ3v) is 3.38. The average Bonchev–Trinajstić information content (AvgIpc) is 2.94. The summed E-state index contributed by atoms with van der Waals surface area (Å²) in [6.07, 6.45) is -1.82. The number of nitrogens with zero attached hydrogens (tertiary/aromatic N) is 4. The number of aromatic nitrogens is 4. The van der Waals surface area contributed by atoms with Gasteiger partial charge in [0.25, 0.3) is 5.91 Å². The lowest BCUT2D eigenvalue weighted by molar-refractivity contribution is -0.142. The summed E-state index contributed by atoms with van der Waals surface area (Å²) < 4.78 is 45.0. The van der Waals surface area contributed by atoms with Crippen LogP contribution in [0.2, 0.25) is 0 Å². The number of ether oxygens (including phenoxy) is 1. The first kappa shape index (κ1) is 16.5. The van der Waals surface area contributed by atoms with Crippen molar-refractivity contribution in [2.45, 2.75) is 12.9 Å². The number of rotatable bonds is 4. The van der Waals surface area contributed by atoms with Gasteiger partial charge in [-0.15, -0.1) is 0 Å². The molecule has 11 heteroatoms. The van der Waals surface area contributed by atoms with Crippen LogP contribution in [0.4, 0.5) is 18.9 Å². The number of hydrogen-bond donors (Lipinski definition) is 1. The Bertz CT molecular complexity index is 694. The van der Waals surface area contributed by atoms with Gasteiger partial charge in [0, 0.05) is 14.2 Å². The molecule has 22 heavy (non-hydrogen) atoms. The molecule has 0 radical (unpaired) electrons. The van der Waals surface area contributed by atoms with Crippen molar-refractivity contribution in [1.82, 2.24) is 19.6 Å². The molecule has 2 aromatic heterocycles. The van der Waals surface area contributed by atoms with Crippen molar-refractivity contribution in [2.75, 3.05) is 12.4 Å². The third kappa shape index (κ3) is 3.30. The van der Waals surface area contributed by atoms with Gasteiger partial charge in [0.15, 0.2) is 5.69 Å². The van der Waals surface area contributed by atoms with Crippen LogP contribution in [-0.2, 0) is 24.7 Å². The minimum absolute atomic E-state index is 0.184. The van der Waals surface area contributed by atoms with E-state index in [2.05, 4.69) is 31.4 Å². The summed E-state index contributed by atoms with van der Waals surface area (Å²) >= 11 is 2.78. The number of alkyl halides is 3. The zero-order chi connectivity index (χ0) is 16.5. The minimum atomic E-state index is -4.65. The number of carbonyl (C=O) groups is 1. The van der Waals surface area contributed by atoms with Crippen molar-refractivity contribution in [3.63, 3.8) is 0 Å². The molecule has 2 aromatic rings. The number of amides is 1. The summed E-state index contributed by atoms with van der Waals surface area (Å²) in [5.41, 5.74) is -1.08. The van der Waals surface area contributed by atoms with E-state index in [4.69, 9.17) is 4.74 Å². The van der Waals surface area contributed by atoms with Gasteiger partial charge in [0.2, 0.25) is 0 Å². The number of halogens is 4. The molecular weight excluding hydrogens is 371 g/mol. The lowest BCUT2D eigenvalue weighted by Gasteiger charge is -2.04. The smallest absolute Gasteiger partial charge is 0.362 e. The summed E-state index contributed by atoms with van der Waals surface area (Å²) in [7, 11) is 2.73. The molecule has 0 aromatic carbocycles. The van der Waals surface area contributed by atoms with Gasteiger partial charge in [0.05, 0.1) is 22.6 Å². The lowest BCUT2D eigenvalue weighted by atomic mass is 10.3. The van der Waals surface area contributed by atoms with Crippen molar-refractivity contribution in [3.8, 4) is 0 Å². The van der Waals surface area contributed by atoms with Gasteiger partial charge in [-0.2, -0.15) is 23.4 Å². The summed E-state index contributed by atoms with van der Waals surface area (Å²) in [5.74, 6) is -0.741. The molecule has 0 atom stereocenters. The van der Waals surface area contributed by atoms with Gasteiger partial charge in [-0.25, -0.2) is 4.68 Å². The SMILES string of the molecule is COCn1cc(NC(=O)c2c(Br)c(C(F)(F)F)nn2C)cn1. The number of methoxy groups -OCH3 is 1. The third-order valence-electron chi connectivity index (χ3n) is 2.63. The molecule has 120 valence electrons. The highest BCUT2D eigenvalue weighted by atomic mass is 79.9. The molecule has 0 fully saturated rings. The molecular formula is C11H11BrF3N5O2. The van der Waals surface area contributed by atoms with Crippen LogP contribution in [0.1, 0.15) is 16.2 Å². The van der Waals surface area contributed by atoms with E-state index in [1.807, 2.05) is 0 Å². The van der Waals surface area contributed by atoms with E-state index >= 15 is 0 Å². The molecule has 0 aliphatic carbocycles. The van der Waals surface area contributed by atoms with Crippen LogP contribution in [0, 0.1) is 0 Å². The molecule has 0 bridgehead atoms. The summed E-state index contributed by atoms with van der Waals surface area (Å²) in [5, 5.41) is 9.67. The monoisotopic (exact) mass is 381 g/mol. The Labute approximate surface area is 131 Å². The van der Waals surface area contributed by atoms with E-state index in [1.54, 1.807) is 0 Å². The minimum Gasteiger partial charge on any atom is -0.362 e. The lowest BCUT2D eigenvalue weighted by Crippen LogP contribution is -2.16. The molecule has 0 saturated carbocycles. The van der Waals surface area contributed by atoms with Crippen molar-refractivity contribution in [3.05, 3.63) is 28.3 Å². The standard InChI is InChI=1S/C11H11BrF3N5O2/c1-19-8(7(12)9(18-19)11(13,14)15)10(21)17-6-3-16-20(4-6)5-22-2/h3-4H,5H2,1-2H3,(H,17,21). The Balaban J connectivity index is 2.24. The van der Waals surface area contributed by atoms with Crippen LogP contribution in [0.3, 0.4) is 0 Å². The highest BCUT2D eigenvalue weighted by Gasteiger charge is 2.39. The highest BCUT2D eigenvalue weighted by molar-refractivity contribution is 9.10. The van der Waals surface area contributed by atoms with Gasteiger partial charge in [-0.3, -0.25) is 9.48 Å². The van der Waals surface area contributed by atoms with Crippen LogP contribution in [-0.4, -0.2) is 32.6 Å². The molecule has 0 unspecified atom stereocenters. The molecule has 7 nitrogen and oxygen atoms in total. The molecule has 0 aliphatic heterocycles. The van der Waals surface area contributed by atoms with E-state index in [1.165, 1.54) is 31.2 Å². The number of nitrogens with one attached hydrogen (secondary N) is 1. The molecule has 0 spiro atoms. The van der Waals surface area contributed by atoms with Gasteiger partial charge >= 0.3 is 6.18 Å². The highest BCUT2D eigenvalue weighted by Crippen LogP contribution is 2.35. The Hall–Kier alpha value is -1.88. The van der Waals surface area contributed by atoms with Crippen molar-refractivity contribution in [2.24, 2.45) is 7.05 Å². The summed E-state index contributed by atoms with van der Waals surface area (Å²) in [6, 6.07) is 0. The Morgan fingerprint density at radius 2 is 2.18 bits per heavy atom. The maximum atomic E-state index is 12.8. The van der Waals surface area contributed by atoms with Crippen LogP contribution in [0.15, 0.2) is 16.9 Å². The molecule has 0 saturated heterocycles. The van der Waals surface area contributed by atoms with E-state index in [0.717, 1.165) is 4.68 Å². The van der Waals surface area contributed by atoms with Crippen LogP contribution in [0.25, 0.3) is 0 Å². The van der Waals surface area contributed by atoms with Crippen molar-refractivity contribution in [1.29, 1.82) is 0 Å². The number of anilines is 1. The van der Waals surface area contributed by atoms with E-state index in [9.17, 15) is 18.0 Å². The zero-order valence-corrected chi connectivity index (χ0v) is 13.1. The second-order valence-corrected chi connectivity index (χ2v) is 5.07. The second-order valence-electron chi connectivity index (χ2n) is 4.27. The normalized spacial score (nSPS) is 11.7. The fourth-order valence-electron chi connectivity index (χ4n) is 1.75. The predicted octanol–water partition coefficient (Wildman–Crippen LogP) is 2.25. The quantitative estimate of drug-likeness (QED) is 0.881. The Morgan fingerprint density at radius 3 is 2.73 bits per heavy atom. The fourth-order valence-corrected chi connectivity index (χ4v) is 2.49. The predicted molar refractivity (Wildman–Crippen MR) is 73.1 cm³/mol. The van der Waals surface area contributed by atoms with E-state index < -0.39 is 22.3 Å². The molecule has 2 rings (SSSR count). The molecule has 2 heterocycles. The van der Waals surface area contributed by atoms with Gasteiger partial charge < -0.3 is 10.1 Å². The average molecular weight is 382 g/mol. The van der Waals surface area contributed by atoms with Gasteiger partial charge in [-0.1, -0.05) is 0 Å². The second kappa shape index (κ2) is 6.08. The van der Waals surface area contributed by atoms with Gasteiger partial charge in [0.1, 0.15) is 12.4 Å². The molecule has 0 aliphatic rings. The Kier molecular flexibility index (Phi) is 4.56. The van der Waals surface area contributed by atoms with Crippen molar-refractivity contribution >= 4 is 27.5 Å². The first-order valence-corrected chi connectivity index (χ1v) is 6.65. The van der Waals surface area contributed by atoms with Crippen molar-refractivity contribution < 1.29 is 22.7 Å². The Morgan fingerprint density at radius 1 is 1.50 bits per heavy atom. The number of aryl methyl sites for hydroxylation is 1. The van der Waals surface area contributed by atoms with Crippen LogP contribution in [0.5, 0.6) is 0 Å². The topological polar surface area (TPSA) is 74.0 Å².